The van der Waals surface area contributed by atoms with Crippen LogP contribution in [0.4, 0.5) is 5.95 Å². The van der Waals surface area contributed by atoms with Gasteiger partial charge in [-0.1, -0.05) is 6.92 Å². The molecule has 1 aliphatic rings. The minimum absolute atomic E-state index is 0.0373. The van der Waals surface area contributed by atoms with Crippen LogP contribution in [-0.4, -0.2) is 31.8 Å². The van der Waals surface area contributed by atoms with Crippen molar-refractivity contribution >= 4 is 16.9 Å². The molecule has 0 aromatic carbocycles. The van der Waals surface area contributed by atoms with E-state index in [1.807, 2.05) is 20.0 Å². The minimum Gasteiger partial charge on any atom is -0.393 e. The van der Waals surface area contributed by atoms with E-state index in [0.717, 1.165) is 43.2 Å². The average molecular weight is 358 g/mol. The van der Waals surface area contributed by atoms with Gasteiger partial charge in [-0.05, 0) is 64.4 Å². The number of aliphatic hydroxyl groups excluding tert-OH is 1. The van der Waals surface area contributed by atoms with Gasteiger partial charge >= 0.3 is 0 Å². The van der Waals surface area contributed by atoms with Crippen LogP contribution in [0.25, 0.3) is 10.9 Å². The zero-order chi connectivity index (χ0) is 18.8. The Morgan fingerprint density at radius 1 is 1.27 bits per heavy atom. The molecule has 142 valence electrons. The molecular formula is C20H30N4O2. The fourth-order valence-corrected chi connectivity index (χ4v) is 3.63. The van der Waals surface area contributed by atoms with Crippen LogP contribution in [0.1, 0.15) is 77.3 Å². The Morgan fingerprint density at radius 3 is 2.58 bits per heavy atom. The lowest BCUT2D eigenvalue weighted by Gasteiger charge is -2.27. The van der Waals surface area contributed by atoms with Gasteiger partial charge in [0.25, 0.3) is 5.56 Å². The van der Waals surface area contributed by atoms with Crippen molar-refractivity contribution in [3.8, 4) is 0 Å². The number of hydrogen-bond acceptors (Lipinski definition) is 5. The van der Waals surface area contributed by atoms with Crippen molar-refractivity contribution in [3.63, 3.8) is 0 Å². The van der Waals surface area contributed by atoms with Gasteiger partial charge in [0.15, 0.2) is 0 Å². The Hall–Kier alpha value is -1.95. The summed E-state index contributed by atoms with van der Waals surface area (Å²) in [5.41, 5.74) is 1.83. The first-order chi connectivity index (χ1) is 12.4. The van der Waals surface area contributed by atoms with Gasteiger partial charge in [0.1, 0.15) is 0 Å². The highest BCUT2D eigenvalue weighted by molar-refractivity contribution is 5.81. The van der Waals surface area contributed by atoms with E-state index in [2.05, 4.69) is 24.1 Å². The van der Waals surface area contributed by atoms with Crippen molar-refractivity contribution < 1.29 is 5.11 Å². The molecule has 2 aromatic rings. The molecule has 1 aliphatic carbocycles. The predicted molar refractivity (Wildman–Crippen MR) is 105 cm³/mol. The fraction of sp³-hybridized carbons (Fsp3) is 0.650. The summed E-state index contributed by atoms with van der Waals surface area (Å²) < 4.78 is 1.79. The standard InChI is InChI=1S/C20H30N4O2/c1-5-13(4)22-20-21-10-16-18(23-20)17(11-24(12(2)3)19(16)26)14-6-8-15(25)9-7-14/h10-15,25H,5-9H2,1-4H3,(H,21,22,23)/t13-,14-,15-/m0/s1. The topological polar surface area (TPSA) is 80.0 Å². The average Bonchev–Trinajstić information content (AvgIpc) is 2.62. The molecule has 1 atom stereocenters. The highest BCUT2D eigenvalue weighted by Crippen LogP contribution is 2.35. The van der Waals surface area contributed by atoms with Gasteiger partial charge in [0.05, 0.1) is 17.0 Å². The van der Waals surface area contributed by atoms with E-state index >= 15 is 0 Å². The van der Waals surface area contributed by atoms with E-state index in [-0.39, 0.29) is 23.7 Å². The molecule has 3 rings (SSSR count). The Bertz CT molecular complexity index is 822. The summed E-state index contributed by atoms with van der Waals surface area (Å²) >= 11 is 0. The van der Waals surface area contributed by atoms with Crippen molar-refractivity contribution in [1.29, 1.82) is 0 Å². The van der Waals surface area contributed by atoms with Crippen molar-refractivity contribution in [3.05, 3.63) is 28.3 Å². The number of hydrogen-bond donors (Lipinski definition) is 2. The van der Waals surface area contributed by atoms with Crippen LogP contribution >= 0.6 is 0 Å². The lowest BCUT2D eigenvalue weighted by atomic mass is 9.82. The van der Waals surface area contributed by atoms with Gasteiger partial charge in [-0.15, -0.1) is 0 Å². The number of nitrogens with one attached hydrogen (secondary N) is 1. The molecule has 6 nitrogen and oxygen atoms in total. The molecule has 0 amide bonds. The molecule has 2 N–H and O–H groups in total. The van der Waals surface area contributed by atoms with Crippen LogP contribution in [0, 0.1) is 0 Å². The van der Waals surface area contributed by atoms with Gasteiger partial charge in [0.2, 0.25) is 5.95 Å². The Kier molecular flexibility index (Phi) is 5.61. The number of anilines is 1. The van der Waals surface area contributed by atoms with Gasteiger partial charge < -0.3 is 15.0 Å². The van der Waals surface area contributed by atoms with Crippen molar-refractivity contribution in [1.82, 2.24) is 14.5 Å². The molecule has 0 radical (unpaired) electrons. The second-order valence-electron chi connectivity index (χ2n) is 7.81. The fourth-order valence-electron chi connectivity index (χ4n) is 3.63. The van der Waals surface area contributed by atoms with Gasteiger partial charge in [0, 0.05) is 24.5 Å². The normalized spacial score (nSPS) is 21.9. The first-order valence-corrected chi connectivity index (χ1v) is 9.77. The third kappa shape index (κ3) is 3.75. The molecule has 0 bridgehead atoms. The number of rotatable bonds is 5. The maximum atomic E-state index is 12.9. The third-order valence-electron chi connectivity index (χ3n) is 5.49. The Morgan fingerprint density at radius 2 is 1.96 bits per heavy atom. The molecule has 1 saturated carbocycles. The number of fused-ring (bicyclic) bond motifs is 1. The van der Waals surface area contributed by atoms with E-state index in [9.17, 15) is 9.90 Å². The summed E-state index contributed by atoms with van der Waals surface area (Å²) in [4.78, 5) is 22.0. The second-order valence-corrected chi connectivity index (χ2v) is 7.81. The van der Waals surface area contributed by atoms with Gasteiger partial charge in [-0.3, -0.25) is 4.79 Å². The maximum Gasteiger partial charge on any atom is 0.261 e. The summed E-state index contributed by atoms with van der Waals surface area (Å²) in [7, 11) is 0. The molecule has 2 heterocycles. The minimum atomic E-state index is -0.203. The highest BCUT2D eigenvalue weighted by Gasteiger charge is 2.25. The SMILES string of the molecule is CC[C@H](C)Nc1ncc2c(=O)n(C(C)C)cc([C@H]3CC[C@H](O)CC3)c2n1. The van der Waals surface area contributed by atoms with E-state index in [1.165, 1.54) is 0 Å². The van der Waals surface area contributed by atoms with Gasteiger partial charge in [-0.25, -0.2) is 9.97 Å². The molecule has 0 unspecified atom stereocenters. The molecule has 26 heavy (non-hydrogen) atoms. The summed E-state index contributed by atoms with van der Waals surface area (Å²) in [5.74, 6) is 0.892. The van der Waals surface area contributed by atoms with Crippen LogP contribution in [0.2, 0.25) is 0 Å². The first-order valence-electron chi connectivity index (χ1n) is 9.77. The first kappa shape index (κ1) is 18.8. The van der Waals surface area contributed by atoms with Gasteiger partial charge in [-0.2, -0.15) is 0 Å². The number of pyridine rings is 1. The zero-order valence-electron chi connectivity index (χ0n) is 16.2. The molecule has 2 aromatic heterocycles. The molecule has 1 fully saturated rings. The highest BCUT2D eigenvalue weighted by atomic mass is 16.3. The Labute approximate surface area is 154 Å². The largest absolute Gasteiger partial charge is 0.393 e. The quantitative estimate of drug-likeness (QED) is 0.853. The summed E-state index contributed by atoms with van der Waals surface area (Å²) in [6.07, 6.45) is 7.86. The predicted octanol–water partition coefficient (Wildman–Crippen LogP) is 3.60. The lowest BCUT2D eigenvalue weighted by Crippen LogP contribution is -2.26. The van der Waals surface area contributed by atoms with E-state index in [0.29, 0.717) is 17.3 Å². The van der Waals surface area contributed by atoms with Crippen molar-refractivity contribution in [2.75, 3.05) is 5.32 Å². The van der Waals surface area contributed by atoms with Crippen molar-refractivity contribution in [2.24, 2.45) is 0 Å². The van der Waals surface area contributed by atoms with Crippen LogP contribution < -0.4 is 10.9 Å². The summed E-state index contributed by atoms with van der Waals surface area (Å²) in [5, 5.41) is 13.7. The Balaban J connectivity index is 2.13. The van der Waals surface area contributed by atoms with Crippen LogP contribution in [-0.2, 0) is 0 Å². The van der Waals surface area contributed by atoms with Crippen LogP contribution in [0.5, 0.6) is 0 Å². The molecule has 0 saturated heterocycles. The zero-order valence-corrected chi connectivity index (χ0v) is 16.2. The smallest absolute Gasteiger partial charge is 0.261 e. The number of nitrogens with zero attached hydrogens (tertiary/aromatic N) is 3. The molecule has 0 spiro atoms. The van der Waals surface area contributed by atoms with E-state index in [4.69, 9.17) is 4.98 Å². The molecular weight excluding hydrogens is 328 g/mol. The van der Waals surface area contributed by atoms with Crippen LogP contribution in [0.15, 0.2) is 17.2 Å². The number of aliphatic hydroxyl groups is 1. The third-order valence-corrected chi connectivity index (χ3v) is 5.49. The van der Waals surface area contributed by atoms with Crippen molar-refractivity contribution in [2.45, 2.75) is 83.9 Å². The maximum absolute atomic E-state index is 12.9. The molecule has 0 aliphatic heterocycles. The summed E-state index contributed by atoms with van der Waals surface area (Å²) in [6, 6.07) is 0.356. The van der Waals surface area contributed by atoms with Crippen LogP contribution in [0.3, 0.4) is 0 Å². The molecule has 6 heteroatoms. The summed E-state index contributed by atoms with van der Waals surface area (Å²) in [6.45, 7) is 8.23. The number of aromatic nitrogens is 3. The van der Waals surface area contributed by atoms with E-state index < -0.39 is 0 Å². The second kappa shape index (κ2) is 7.74. The van der Waals surface area contributed by atoms with E-state index in [1.54, 1.807) is 10.8 Å². The monoisotopic (exact) mass is 358 g/mol. The lowest BCUT2D eigenvalue weighted by molar-refractivity contribution is 0.122.